The number of aliphatic hydroxyl groups excluding tert-OH is 3. The molecule has 11 heteroatoms. The van der Waals surface area contributed by atoms with E-state index in [1.54, 1.807) is 0 Å². The molecule has 0 aromatic heterocycles. The monoisotopic (exact) mass is 335 g/mol. The van der Waals surface area contributed by atoms with Gasteiger partial charge in [-0.05, 0) is 0 Å². The van der Waals surface area contributed by atoms with Crippen molar-refractivity contribution in [2.24, 2.45) is 0 Å². The van der Waals surface area contributed by atoms with Gasteiger partial charge in [-0.2, -0.15) is 0 Å². The summed E-state index contributed by atoms with van der Waals surface area (Å²) in [4.78, 5) is 32.6. The molecule has 0 bridgehead atoms. The highest BCUT2D eigenvalue weighted by Gasteiger charge is 2.46. The first-order chi connectivity index (χ1) is 10.7. The van der Waals surface area contributed by atoms with Crippen LogP contribution in [0.25, 0.3) is 0 Å². The van der Waals surface area contributed by atoms with Crippen molar-refractivity contribution in [2.75, 3.05) is 6.61 Å². The van der Waals surface area contributed by atoms with E-state index in [1.807, 2.05) is 0 Å². The molecule has 1 amide bonds. The van der Waals surface area contributed by atoms with E-state index in [0.717, 1.165) is 6.92 Å². The number of carbonyl (C=O) groups excluding carboxylic acids is 3. The van der Waals surface area contributed by atoms with Crippen molar-refractivity contribution in [1.82, 2.24) is 5.32 Å². The lowest BCUT2D eigenvalue weighted by atomic mass is 9.97. The lowest BCUT2D eigenvalue weighted by molar-refractivity contribution is -0.340. The van der Waals surface area contributed by atoms with E-state index in [2.05, 4.69) is 5.32 Å². The number of carboxylic acid groups (broad SMARTS) is 2. The van der Waals surface area contributed by atoms with Crippen LogP contribution < -0.4 is 15.5 Å². The maximum Gasteiger partial charge on any atom is 0.217 e. The summed E-state index contributed by atoms with van der Waals surface area (Å²) in [7, 11) is 0. The second kappa shape index (κ2) is 8.17. The average Bonchev–Trinajstić information content (AvgIpc) is 2.44. The van der Waals surface area contributed by atoms with Gasteiger partial charge in [0.15, 0.2) is 6.29 Å². The van der Waals surface area contributed by atoms with Gasteiger partial charge in [0.05, 0.1) is 12.6 Å². The van der Waals surface area contributed by atoms with Gasteiger partial charge in [0.1, 0.15) is 30.5 Å². The van der Waals surface area contributed by atoms with Gasteiger partial charge in [-0.15, -0.1) is 0 Å². The molecular formula is C12H17NO10-2. The molecule has 6 atom stereocenters. The van der Waals surface area contributed by atoms with Gasteiger partial charge in [-0.3, -0.25) is 4.79 Å². The molecule has 23 heavy (non-hydrogen) atoms. The average molecular weight is 335 g/mol. The molecule has 11 nitrogen and oxygen atoms in total. The molecule has 0 aliphatic carbocycles. The van der Waals surface area contributed by atoms with Gasteiger partial charge < -0.3 is 49.9 Å². The molecule has 1 aliphatic rings. The molecule has 0 saturated carbocycles. The molecule has 1 saturated heterocycles. The van der Waals surface area contributed by atoms with Gasteiger partial charge in [0.2, 0.25) is 5.91 Å². The van der Waals surface area contributed by atoms with Crippen molar-refractivity contribution in [3.8, 4) is 0 Å². The van der Waals surface area contributed by atoms with E-state index in [9.17, 15) is 34.8 Å². The Hall–Kier alpha value is -1.79. The lowest BCUT2D eigenvalue weighted by Gasteiger charge is -2.43. The smallest absolute Gasteiger partial charge is 0.217 e. The van der Waals surface area contributed by atoms with Crippen LogP contribution in [0.5, 0.6) is 0 Å². The van der Waals surface area contributed by atoms with Gasteiger partial charge in [0, 0.05) is 19.3 Å². The predicted molar refractivity (Wildman–Crippen MR) is 64.9 cm³/mol. The molecule has 1 fully saturated rings. The maximum atomic E-state index is 11.2. The first kappa shape index (κ1) is 19.3. The van der Waals surface area contributed by atoms with Crippen LogP contribution in [0.3, 0.4) is 0 Å². The highest BCUT2D eigenvalue weighted by molar-refractivity contribution is 5.77. The van der Waals surface area contributed by atoms with Crippen molar-refractivity contribution < 1.29 is 49.4 Å². The summed E-state index contributed by atoms with van der Waals surface area (Å²) in [6.07, 6.45) is -9.25. The van der Waals surface area contributed by atoms with Gasteiger partial charge in [-0.25, -0.2) is 0 Å². The van der Waals surface area contributed by atoms with Crippen LogP contribution in [0.4, 0.5) is 0 Å². The third-order valence-corrected chi connectivity index (χ3v) is 3.16. The number of amides is 1. The number of hydrogen-bond donors (Lipinski definition) is 4. The van der Waals surface area contributed by atoms with E-state index >= 15 is 0 Å². The fraction of sp³-hybridized carbons (Fsp3) is 0.750. The number of nitrogens with one attached hydrogen (secondary N) is 1. The van der Waals surface area contributed by atoms with Crippen LogP contribution in [-0.4, -0.2) is 76.5 Å². The van der Waals surface area contributed by atoms with Crippen LogP contribution in [0, 0.1) is 0 Å². The number of aliphatic carboxylic acids is 2. The molecule has 0 radical (unpaired) electrons. The lowest BCUT2D eigenvalue weighted by Crippen LogP contribution is -2.65. The minimum absolute atomic E-state index is 0.647. The molecule has 0 aromatic carbocycles. The Morgan fingerprint density at radius 1 is 1.26 bits per heavy atom. The summed E-state index contributed by atoms with van der Waals surface area (Å²) in [6.45, 7) is 0.354. The third-order valence-electron chi connectivity index (χ3n) is 3.16. The number of ether oxygens (including phenoxy) is 2. The molecule has 1 heterocycles. The summed E-state index contributed by atoms with van der Waals surface area (Å²) in [5, 5.41) is 52.4. The topological polar surface area (TPSA) is 189 Å². The Balaban J connectivity index is 2.97. The van der Waals surface area contributed by atoms with Crippen molar-refractivity contribution in [3.63, 3.8) is 0 Å². The van der Waals surface area contributed by atoms with Gasteiger partial charge in [0.25, 0.3) is 0 Å². The number of aliphatic hydroxyl groups is 3. The second-order valence-electron chi connectivity index (χ2n) is 4.95. The first-order valence-electron chi connectivity index (χ1n) is 6.63. The van der Waals surface area contributed by atoms with Crippen LogP contribution in [0.15, 0.2) is 0 Å². The summed E-state index contributed by atoms with van der Waals surface area (Å²) < 4.78 is 10.0. The molecule has 132 valence electrons. The Morgan fingerprint density at radius 3 is 2.30 bits per heavy atom. The molecule has 0 spiro atoms. The fourth-order valence-corrected chi connectivity index (χ4v) is 2.09. The summed E-state index contributed by atoms with van der Waals surface area (Å²) in [6, 6.07) is -1.39. The van der Waals surface area contributed by atoms with E-state index in [0.29, 0.717) is 0 Å². The Morgan fingerprint density at radius 2 is 1.87 bits per heavy atom. The number of carbonyl (C=O) groups is 3. The van der Waals surface area contributed by atoms with Crippen LogP contribution in [0.2, 0.25) is 0 Å². The predicted octanol–water partition coefficient (Wildman–Crippen LogP) is -5.79. The minimum Gasteiger partial charge on any atom is -0.550 e. The molecule has 1 aliphatic heterocycles. The van der Waals surface area contributed by atoms with E-state index < -0.39 is 67.6 Å². The third kappa shape index (κ3) is 5.11. The van der Waals surface area contributed by atoms with E-state index in [-0.39, 0.29) is 0 Å². The van der Waals surface area contributed by atoms with Crippen molar-refractivity contribution >= 4 is 17.8 Å². The molecule has 4 N–H and O–H groups in total. The standard InChI is InChI=1S/C12H19NO10/c1-4(15)13-8-10(19)9(18)6(3-14)23-12(8)22-5(11(20)21)2-7(16)17/h5-6,8-10,12,14,18-19H,2-3H2,1H3,(H,13,15)(H,16,17)(H,20,21)/p-2/t5-,6+,8+,9+,10+,12-/m0/s1. The van der Waals surface area contributed by atoms with Crippen molar-refractivity contribution in [3.05, 3.63) is 0 Å². The van der Waals surface area contributed by atoms with Crippen molar-refractivity contribution in [1.29, 1.82) is 0 Å². The second-order valence-corrected chi connectivity index (χ2v) is 4.95. The molecular weight excluding hydrogens is 318 g/mol. The zero-order chi connectivity index (χ0) is 17.7. The SMILES string of the molecule is CC(=O)N[C@H]1[C@@H](O[C@@H](CC(=O)[O-])C(=O)[O-])O[C@H](CO)[C@@H](O)[C@@H]1O. The van der Waals surface area contributed by atoms with Gasteiger partial charge >= 0.3 is 0 Å². The zero-order valence-corrected chi connectivity index (χ0v) is 12.1. The minimum atomic E-state index is -1.98. The normalized spacial score (nSPS) is 32.1. The Labute approximate surface area is 130 Å². The van der Waals surface area contributed by atoms with E-state index in [1.165, 1.54) is 0 Å². The number of hydrogen-bond acceptors (Lipinski definition) is 10. The van der Waals surface area contributed by atoms with Crippen molar-refractivity contribution in [2.45, 2.75) is 50.1 Å². The summed E-state index contributed by atoms with van der Waals surface area (Å²) in [5.74, 6) is -4.25. The largest absolute Gasteiger partial charge is 0.550 e. The summed E-state index contributed by atoms with van der Waals surface area (Å²) >= 11 is 0. The molecule has 1 rings (SSSR count). The van der Waals surface area contributed by atoms with Crippen LogP contribution in [-0.2, 0) is 23.9 Å². The zero-order valence-electron chi connectivity index (χ0n) is 12.1. The summed E-state index contributed by atoms with van der Waals surface area (Å²) in [5.41, 5.74) is 0. The maximum absolute atomic E-state index is 11.2. The quantitative estimate of drug-likeness (QED) is 0.349. The van der Waals surface area contributed by atoms with Crippen LogP contribution >= 0.6 is 0 Å². The van der Waals surface area contributed by atoms with Gasteiger partial charge in [-0.1, -0.05) is 0 Å². The van der Waals surface area contributed by atoms with E-state index in [4.69, 9.17) is 14.6 Å². The highest BCUT2D eigenvalue weighted by Crippen LogP contribution is 2.23. The Bertz CT molecular complexity index is 455. The highest BCUT2D eigenvalue weighted by atomic mass is 16.7. The number of rotatable bonds is 7. The fourth-order valence-electron chi connectivity index (χ4n) is 2.09. The Kier molecular flexibility index (Phi) is 6.84. The molecule has 0 unspecified atom stereocenters. The number of carboxylic acids is 2. The molecule has 0 aromatic rings. The first-order valence-corrected chi connectivity index (χ1v) is 6.63. The van der Waals surface area contributed by atoms with Crippen LogP contribution in [0.1, 0.15) is 13.3 Å².